The highest BCUT2D eigenvalue weighted by atomic mass is 19.3. The summed E-state index contributed by atoms with van der Waals surface area (Å²) in [5, 5.41) is 8.73. The highest BCUT2D eigenvalue weighted by Gasteiger charge is 2.45. The molecule has 1 fully saturated rings. The van der Waals surface area contributed by atoms with Crippen molar-refractivity contribution in [3.05, 3.63) is 54.6 Å². The van der Waals surface area contributed by atoms with Crippen molar-refractivity contribution in [2.75, 3.05) is 6.61 Å². The molecule has 0 heterocycles. The number of ether oxygens (including phenoxy) is 3. The highest BCUT2D eigenvalue weighted by molar-refractivity contribution is 5.67. The van der Waals surface area contributed by atoms with Gasteiger partial charge in [-0.15, -0.1) is 0 Å². The van der Waals surface area contributed by atoms with Crippen LogP contribution >= 0.6 is 0 Å². The minimum Gasteiger partial charge on any atom is -0.487 e. The molecular weight excluding hydrogens is 462 g/mol. The van der Waals surface area contributed by atoms with Gasteiger partial charge in [0.25, 0.3) is 5.92 Å². The summed E-state index contributed by atoms with van der Waals surface area (Å²) in [6.07, 6.45) is 5.97. The van der Waals surface area contributed by atoms with E-state index in [2.05, 4.69) is 0 Å². The van der Waals surface area contributed by atoms with E-state index < -0.39 is 54.5 Å². The van der Waals surface area contributed by atoms with Gasteiger partial charge in [-0.1, -0.05) is 36.4 Å². The Labute approximate surface area is 203 Å². The number of carbonyl (C=O) groups is 3. The molecule has 1 aromatic carbocycles. The van der Waals surface area contributed by atoms with E-state index in [9.17, 15) is 23.2 Å². The fourth-order valence-electron chi connectivity index (χ4n) is 4.09. The van der Waals surface area contributed by atoms with Gasteiger partial charge in [0.1, 0.15) is 18.0 Å². The molecule has 1 saturated carbocycles. The van der Waals surface area contributed by atoms with E-state index >= 15 is 0 Å². The molecule has 0 spiro atoms. The second-order valence-electron chi connectivity index (χ2n) is 8.49. The van der Waals surface area contributed by atoms with Crippen LogP contribution in [0.1, 0.15) is 46.0 Å². The Morgan fingerprint density at radius 1 is 1.06 bits per heavy atom. The summed E-state index contributed by atoms with van der Waals surface area (Å²) in [7, 11) is 0. The number of benzene rings is 1. The van der Waals surface area contributed by atoms with Crippen LogP contribution in [0.5, 0.6) is 5.75 Å². The van der Waals surface area contributed by atoms with Gasteiger partial charge in [-0.2, -0.15) is 8.78 Å². The van der Waals surface area contributed by atoms with Crippen LogP contribution in [-0.2, 0) is 23.9 Å². The number of aliphatic carboxylic acids is 1. The van der Waals surface area contributed by atoms with Crippen molar-refractivity contribution < 1.29 is 42.5 Å². The zero-order valence-corrected chi connectivity index (χ0v) is 19.9. The van der Waals surface area contributed by atoms with Gasteiger partial charge in [-0.3, -0.25) is 14.4 Å². The Bertz CT molecular complexity index is 898. The van der Waals surface area contributed by atoms with Gasteiger partial charge in [-0.05, 0) is 37.5 Å². The third-order valence-corrected chi connectivity index (χ3v) is 5.57. The van der Waals surface area contributed by atoms with Crippen LogP contribution in [0.25, 0.3) is 0 Å². The summed E-state index contributed by atoms with van der Waals surface area (Å²) in [5.74, 6) is -5.93. The highest BCUT2D eigenvalue weighted by Crippen LogP contribution is 2.40. The van der Waals surface area contributed by atoms with Gasteiger partial charge in [0, 0.05) is 38.5 Å². The minimum absolute atomic E-state index is 0.0455. The molecule has 0 bridgehead atoms. The van der Waals surface area contributed by atoms with E-state index in [1.165, 1.54) is 19.9 Å². The predicted octanol–water partition coefficient (Wildman–Crippen LogP) is 4.96. The minimum atomic E-state index is -3.28. The zero-order valence-electron chi connectivity index (χ0n) is 19.9. The number of rotatable bonds is 13. The molecule has 1 aliphatic rings. The third-order valence-electron chi connectivity index (χ3n) is 5.57. The molecule has 7 nitrogen and oxygen atoms in total. The fourth-order valence-corrected chi connectivity index (χ4v) is 4.09. The van der Waals surface area contributed by atoms with Gasteiger partial charge >= 0.3 is 17.9 Å². The molecule has 4 atom stereocenters. The van der Waals surface area contributed by atoms with E-state index in [1.807, 2.05) is 12.2 Å². The van der Waals surface area contributed by atoms with E-state index in [4.69, 9.17) is 19.3 Å². The summed E-state index contributed by atoms with van der Waals surface area (Å²) in [4.78, 5) is 33.9. The maximum atomic E-state index is 14.6. The molecule has 0 aromatic heterocycles. The molecule has 9 heteroatoms. The van der Waals surface area contributed by atoms with Gasteiger partial charge < -0.3 is 19.3 Å². The molecule has 1 aliphatic carbocycles. The molecule has 35 heavy (non-hydrogen) atoms. The van der Waals surface area contributed by atoms with Crippen LogP contribution < -0.4 is 4.74 Å². The van der Waals surface area contributed by atoms with Crippen molar-refractivity contribution in [3.8, 4) is 5.75 Å². The van der Waals surface area contributed by atoms with Crippen molar-refractivity contribution >= 4 is 17.9 Å². The summed E-state index contributed by atoms with van der Waals surface area (Å²) < 4.78 is 45.2. The van der Waals surface area contributed by atoms with Gasteiger partial charge in [-0.25, -0.2) is 0 Å². The molecule has 1 N–H and O–H groups in total. The second-order valence-corrected chi connectivity index (χ2v) is 8.49. The molecule has 0 aliphatic heterocycles. The molecule has 0 unspecified atom stereocenters. The van der Waals surface area contributed by atoms with Crippen LogP contribution in [0, 0.1) is 11.8 Å². The Balaban J connectivity index is 2.15. The summed E-state index contributed by atoms with van der Waals surface area (Å²) in [6, 6.07) is 8.27. The number of carbonyl (C=O) groups excluding carboxylic acids is 2. The van der Waals surface area contributed by atoms with Crippen molar-refractivity contribution in [1.29, 1.82) is 0 Å². The number of halogens is 2. The summed E-state index contributed by atoms with van der Waals surface area (Å²) >= 11 is 0. The van der Waals surface area contributed by atoms with Crippen LogP contribution in [0.3, 0.4) is 0 Å². The molecule has 2 rings (SSSR count). The molecule has 0 radical (unpaired) electrons. The average Bonchev–Trinajstić information content (AvgIpc) is 3.08. The largest absolute Gasteiger partial charge is 0.487 e. The fraction of sp³-hybridized carbons (Fsp3) is 0.500. The molecule has 192 valence electrons. The zero-order chi connectivity index (χ0) is 25.8. The number of carboxylic acid groups (broad SMARTS) is 1. The van der Waals surface area contributed by atoms with Crippen LogP contribution in [-0.4, -0.2) is 47.8 Å². The molecule has 1 aromatic rings. The van der Waals surface area contributed by atoms with Crippen molar-refractivity contribution in [2.45, 2.75) is 64.1 Å². The molecule has 0 saturated heterocycles. The Hall–Kier alpha value is -3.23. The molecule has 0 amide bonds. The van der Waals surface area contributed by atoms with Crippen molar-refractivity contribution in [2.24, 2.45) is 11.8 Å². The lowest BCUT2D eigenvalue weighted by molar-refractivity contribution is -0.149. The van der Waals surface area contributed by atoms with Crippen LogP contribution in [0.15, 0.2) is 54.6 Å². The average molecular weight is 495 g/mol. The third kappa shape index (κ3) is 10.3. The second kappa shape index (κ2) is 13.6. The normalized spacial score (nSPS) is 22.4. The number of carboxylic acids is 1. The maximum absolute atomic E-state index is 14.6. The smallest absolute Gasteiger partial charge is 0.303 e. The number of esters is 2. The lowest BCUT2D eigenvalue weighted by atomic mass is 9.89. The monoisotopic (exact) mass is 494 g/mol. The first-order valence-electron chi connectivity index (χ1n) is 11.5. The van der Waals surface area contributed by atoms with Gasteiger partial charge in [0.15, 0.2) is 6.61 Å². The van der Waals surface area contributed by atoms with E-state index in [-0.39, 0.29) is 12.8 Å². The van der Waals surface area contributed by atoms with Crippen LogP contribution in [0.2, 0.25) is 0 Å². The number of alkyl halides is 2. The molecular formula is C26H32F2O7. The first-order chi connectivity index (χ1) is 16.6. The number of hydrogen-bond acceptors (Lipinski definition) is 6. The van der Waals surface area contributed by atoms with Crippen molar-refractivity contribution in [3.63, 3.8) is 0 Å². The number of hydrogen-bond donors (Lipinski definition) is 1. The Morgan fingerprint density at radius 2 is 1.71 bits per heavy atom. The van der Waals surface area contributed by atoms with Crippen molar-refractivity contribution in [1.82, 2.24) is 0 Å². The Morgan fingerprint density at radius 3 is 2.34 bits per heavy atom. The van der Waals surface area contributed by atoms with Crippen LogP contribution in [0.4, 0.5) is 8.78 Å². The number of unbranched alkanes of at least 4 members (excludes halogenated alkanes) is 1. The standard InChI is InChI=1S/C26H32F2O7/c1-18(29)34-23-16-24(35-19(2)30)22(21(23)12-8-3-4-9-13-25(31)32)14-15-26(27,28)17-33-20-10-6-5-7-11-20/h3,5-8,10-11,14-15,21-24H,4,9,12-13,16-17H2,1-2H3,(H,31,32)/b8-3-,15-14+/t21-,22-,23+,24-/m1/s1. The summed E-state index contributed by atoms with van der Waals surface area (Å²) in [6.45, 7) is 1.64. The lowest BCUT2D eigenvalue weighted by Crippen LogP contribution is -2.27. The number of allylic oxidation sites excluding steroid dienone is 2. The first-order valence-corrected chi connectivity index (χ1v) is 11.5. The Kier molecular flexibility index (Phi) is 10.9. The predicted molar refractivity (Wildman–Crippen MR) is 124 cm³/mol. The van der Waals surface area contributed by atoms with Gasteiger partial charge in [0.05, 0.1) is 0 Å². The van der Waals surface area contributed by atoms with E-state index in [0.29, 0.717) is 25.0 Å². The number of para-hydroxylation sites is 1. The SMILES string of the molecule is CC(=O)O[C@H]1C[C@@H](OC(C)=O)[C@H](/C=C/C(F)(F)COc2ccccc2)[C@H]1C/C=C\CCCC(=O)O. The first kappa shape index (κ1) is 28.0. The van der Waals surface area contributed by atoms with E-state index in [1.54, 1.807) is 30.3 Å². The van der Waals surface area contributed by atoms with E-state index in [0.717, 1.165) is 6.08 Å². The lowest BCUT2D eigenvalue weighted by Gasteiger charge is -2.23. The maximum Gasteiger partial charge on any atom is 0.303 e. The summed E-state index contributed by atoms with van der Waals surface area (Å²) in [5.41, 5.74) is 0. The quantitative estimate of drug-likeness (QED) is 0.235. The topological polar surface area (TPSA) is 99.1 Å². The van der Waals surface area contributed by atoms with Gasteiger partial charge in [0.2, 0.25) is 0 Å².